The number of hydrogen-bond acceptors (Lipinski definition) is 6. The Balaban J connectivity index is 1.51. The quantitative estimate of drug-likeness (QED) is 0.364. The molecule has 0 bridgehead atoms. The maximum atomic E-state index is 13.3. The lowest BCUT2D eigenvalue weighted by Gasteiger charge is -2.34. The number of rotatable bonds is 4. The van der Waals surface area contributed by atoms with E-state index in [4.69, 9.17) is 20.5 Å². The Labute approximate surface area is 197 Å². The van der Waals surface area contributed by atoms with Crippen LogP contribution < -0.4 is 0 Å². The first-order chi connectivity index (χ1) is 15.7. The molecule has 2 aromatic carbocycles. The van der Waals surface area contributed by atoms with Gasteiger partial charge < -0.3 is 8.94 Å². The monoisotopic (exact) mass is 485 g/mol. The molecule has 7 nitrogen and oxygen atoms in total. The first kappa shape index (κ1) is 22.1. The number of hydrogen-bond donors (Lipinski definition) is 0. The highest BCUT2D eigenvalue weighted by molar-refractivity contribution is 7.89. The summed E-state index contributed by atoms with van der Waals surface area (Å²) in [5, 5.41) is 5.31. The van der Waals surface area contributed by atoms with Gasteiger partial charge in [-0.25, -0.2) is 8.42 Å². The Morgan fingerprint density at radius 2 is 1.85 bits per heavy atom. The molecule has 4 aromatic rings. The molecular formula is C24H24ClN3O4S. The van der Waals surface area contributed by atoms with Gasteiger partial charge in [-0.15, -0.1) is 0 Å². The summed E-state index contributed by atoms with van der Waals surface area (Å²) in [6.45, 7) is 7.11. The van der Waals surface area contributed by atoms with E-state index in [1.54, 1.807) is 34.6 Å². The van der Waals surface area contributed by atoms with Crippen LogP contribution in [0.3, 0.4) is 0 Å². The zero-order chi connectivity index (χ0) is 23.3. The minimum Gasteiger partial charge on any atom is -0.451 e. The lowest BCUT2D eigenvalue weighted by atomic mass is 9.94. The molecule has 2 unspecified atom stereocenters. The van der Waals surface area contributed by atoms with Crippen molar-refractivity contribution in [1.82, 2.24) is 14.4 Å². The van der Waals surface area contributed by atoms with E-state index in [1.165, 1.54) is 0 Å². The van der Waals surface area contributed by atoms with Crippen molar-refractivity contribution in [1.29, 1.82) is 0 Å². The molecule has 0 amide bonds. The zero-order valence-corrected chi connectivity index (χ0v) is 20.2. The van der Waals surface area contributed by atoms with E-state index in [1.807, 2.05) is 19.1 Å². The van der Waals surface area contributed by atoms with Crippen LogP contribution in [0.1, 0.15) is 25.8 Å². The van der Waals surface area contributed by atoms with Crippen LogP contribution in [0.5, 0.6) is 0 Å². The van der Waals surface area contributed by atoms with Crippen molar-refractivity contribution >= 4 is 32.6 Å². The second-order valence-corrected chi connectivity index (χ2v) is 11.3. The van der Waals surface area contributed by atoms with Crippen LogP contribution in [0.4, 0.5) is 0 Å². The number of aryl methyl sites for hydroxylation is 1. The van der Waals surface area contributed by atoms with Crippen LogP contribution in [0.25, 0.3) is 34.0 Å². The minimum absolute atomic E-state index is 0.224. The average molecular weight is 486 g/mol. The topological polar surface area (TPSA) is 89.4 Å². The minimum atomic E-state index is -3.60. The Morgan fingerprint density at radius 1 is 1.09 bits per heavy atom. The SMILES string of the molecule is Cc1c(-c2nc(-c3cccc(Cl)c3)no2)oc2ccc(S(=O)(=O)N3CC(C)CC(C)C3)cc12. The highest BCUT2D eigenvalue weighted by Gasteiger charge is 2.32. The highest BCUT2D eigenvalue weighted by Crippen LogP contribution is 2.35. The molecule has 0 N–H and O–H groups in total. The van der Waals surface area contributed by atoms with Crippen molar-refractivity contribution in [2.75, 3.05) is 13.1 Å². The van der Waals surface area contributed by atoms with Crippen molar-refractivity contribution in [2.45, 2.75) is 32.1 Å². The molecule has 2 aromatic heterocycles. The first-order valence-electron chi connectivity index (χ1n) is 10.9. The largest absolute Gasteiger partial charge is 0.451 e. The van der Waals surface area contributed by atoms with Gasteiger partial charge in [-0.2, -0.15) is 9.29 Å². The van der Waals surface area contributed by atoms with Crippen molar-refractivity contribution in [3.05, 3.63) is 53.1 Å². The maximum Gasteiger partial charge on any atom is 0.294 e. The fraction of sp³-hybridized carbons (Fsp3) is 0.333. The molecule has 0 aliphatic carbocycles. The third kappa shape index (κ3) is 4.07. The maximum absolute atomic E-state index is 13.3. The number of aromatic nitrogens is 2. The molecule has 1 fully saturated rings. The molecule has 0 spiro atoms. The van der Waals surface area contributed by atoms with Gasteiger partial charge in [0.05, 0.1) is 4.90 Å². The Morgan fingerprint density at radius 3 is 2.58 bits per heavy atom. The summed E-state index contributed by atoms with van der Waals surface area (Å²) in [4.78, 5) is 4.71. The van der Waals surface area contributed by atoms with Crippen molar-refractivity contribution in [3.63, 3.8) is 0 Å². The molecule has 33 heavy (non-hydrogen) atoms. The van der Waals surface area contributed by atoms with Crippen LogP contribution in [0.15, 0.2) is 56.3 Å². The average Bonchev–Trinajstić information content (AvgIpc) is 3.38. The van der Waals surface area contributed by atoms with Crippen LogP contribution in [-0.2, 0) is 10.0 Å². The molecular weight excluding hydrogens is 462 g/mol. The lowest BCUT2D eigenvalue weighted by molar-refractivity contribution is 0.222. The smallest absolute Gasteiger partial charge is 0.294 e. The standard InChI is InChI=1S/C24H24ClN3O4S/c1-14-9-15(2)13-28(12-14)33(29,30)19-7-8-21-20(11-19)16(3)22(31-21)24-26-23(27-32-24)17-5-4-6-18(25)10-17/h4-8,10-11,14-15H,9,12-13H2,1-3H3. The number of halogens is 1. The van der Waals surface area contributed by atoms with E-state index < -0.39 is 10.0 Å². The van der Waals surface area contributed by atoms with Gasteiger partial charge in [0.1, 0.15) is 5.58 Å². The fourth-order valence-electron chi connectivity index (χ4n) is 4.58. The molecule has 2 atom stereocenters. The molecule has 3 heterocycles. The van der Waals surface area contributed by atoms with E-state index >= 15 is 0 Å². The van der Waals surface area contributed by atoms with Gasteiger partial charge in [0.15, 0.2) is 5.76 Å². The molecule has 9 heteroatoms. The van der Waals surface area contributed by atoms with Gasteiger partial charge in [0.2, 0.25) is 15.8 Å². The van der Waals surface area contributed by atoms with Crippen LogP contribution in [-0.4, -0.2) is 36.0 Å². The number of nitrogens with zero attached hydrogens (tertiary/aromatic N) is 3. The summed E-state index contributed by atoms with van der Waals surface area (Å²) in [6, 6.07) is 12.1. The Bertz CT molecular complexity index is 1430. The van der Waals surface area contributed by atoms with Crippen LogP contribution in [0.2, 0.25) is 5.02 Å². The van der Waals surface area contributed by atoms with Gasteiger partial charge >= 0.3 is 0 Å². The predicted octanol–water partition coefficient (Wildman–Crippen LogP) is 5.78. The number of furan rings is 1. The summed E-state index contributed by atoms with van der Waals surface area (Å²) >= 11 is 6.06. The van der Waals surface area contributed by atoms with E-state index in [0.29, 0.717) is 52.5 Å². The first-order valence-corrected chi connectivity index (χ1v) is 12.7. The van der Waals surface area contributed by atoms with Crippen molar-refractivity contribution in [2.24, 2.45) is 11.8 Å². The van der Waals surface area contributed by atoms with Crippen molar-refractivity contribution in [3.8, 4) is 23.0 Å². The van der Waals surface area contributed by atoms with Crippen molar-refractivity contribution < 1.29 is 17.4 Å². The third-order valence-corrected chi connectivity index (χ3v) is 8.15. The lowest BCUT2D eigenvalue weighted by Crippen LogP contribution is -2.42. The van der Waals surface area contributed by atoms with Gasteiger partial charge in [0.25, 0.3) is 5.89 Å². The molecule has 1 aliphatic rings. The molecule has 1 aliphatic heterocycles. The van der Waals surface area contributed by atoms with Gasteiger partial charge in [-0.05, 0) is 55.5 Å². The van der Waals surface area contributed by atoms with E-state index in [9.17, 15) is 8.42 Å². The molecule has 1 saturated heterocycles. The van der Waals surface area contributed by atoms with E-state index in [2.05, 4.69) is 24.0 Å². The fourth-order valence-corrected chi connectivity index (χ4v) is 6.47. The summed E-state index contributed by atoms with van der Waals surface area (Å²) in [7, 11) is -3.60. The van der Waals surface area contributed by atoms with Crippen LogP contribution >= 0.6 is 11.6 Å². The number of piperidine rings is 1. The molecule has 5 rings (SSSR count). The Hall–Kier alpha value is -2.68. The molecule has 172 valence electrons. The van der Waals surface area contributed by atoms with Gasteiger partial charge in [0, 0.05) is 34.6 Å². The summed E-state index contributed by atoms with van der Waals surface area (Å²) in [6.07, 6.45) is 1.04. The molecule has 0 radical (unpaired) electrons. The summed E-state index contributed by atoms with van der Waals surface area (Å²) < 4.78 is 39.7. The van der Waals surface area contributed by atoms with Crippen LogP contribution in [0, 0.1) is 18.8 Å². The third-order valence-electron chi connectivity index (χ3n) is 6.08. The Kier molecular flexibility index (Phi) is 5.55. The van der Waals surface area contributed by atoms with E-state index in [-0.39, 0.29) is 10.8 Å². The predicted molar refractivity (Wildman–Crippen MR) is 126 cm³/mol. The molecule has 0 saturated carbocycles. The second kappa shape index (κ2) is 8.27. The van der Waals surface area contributed by atoms with E-state index in [0.717, 1.165) is 17.5 Å². The zero-order valence-electron chi connectivity index (χ0n) is 18.6. The normalized spacial score (nSPS) is 19.9. The van der Waals surface area contributed by atoms with Gasteiger partial charge in [-0.1, -0.05) is 42.7 Å². The summed E-state index contributed by atoms with van der Waals surface area (Å²) in [5.74, 6) is 1.70. The summed E-state index contributed by atoms with van der Waals surface area (Å²) in [5.41, 5.74) is 2.03. The van der Waals surface area contributed by atoms with Gasteiger partial charge in [-0.3, -0.25) is 0 Å². The number of benzene rings is 2. The number of sulfonamides is 1. The number of fused-ring (bicyclic) bond motifs is 1. The highest BCUT2D eigenvalue weighted by atomic mass is 35.5. The second-order valence-electron chi connectivity index (χ2n) is 8.92.